The van der Waals surface area contributed by atoms with Gasteiger partial charge in [0.05, 0.1) is 28.1 Å². The molecule has 0 spiro atoms. The van der Waals surface area contributed by atoms with Gasteiger partial charge in [-0.15, -0.1) is 11.3 Å². The number of rotatable bonds is 25. The summed E-state index contributed by atoms with van der Waals surface area (Å²) in [7, 11) is -4.76. The number of carbonyl (C=O) groups excluding carboxylic acids is 4. The standard InChI is InChI=1S/C23H26IN7O2S.C20H38O7S/c24-18-15-27-22(30-20(18)25-9-5-10-26-21(32)19-8-4-13-34-19)28-16-6-3-7-17(14-16)29-23(33)31-11-1-2-12-31;1-5-9-11-16(7-3)14-26-19(21)13-18(28(23,24)25)20(22)27-15-17(8-4)12-10-6-2/h3-4,6-8,13-15H,1-2,5,9-12H2,(H,26,32)(H,29,33)(H2,25,27,28,30);16-18H,5-15H2,1-4H3,(H,23,24,25). The second-order valence-corrected chi connectivity index (χ2v) is 18.8. The number of benzene rings is 1. The lowest BCUT2D eigenvalue weighted by Crippen LogP contribution is -2.35. The highest BCUT2D eigenvalue weighted by Crippen LogP contribution is 2.23. The van der Waals surface area contributed by atoms with Crippen LogP contribution in [0.3, 0.4) is 0 Å². The first kappa shape index (κ1) is 52.3. The largest absolute Gasteiger partial charge is 0.465 e. The molecule has 19 heteroatoms. The molecule has 3 unspecified atom stereocenters. The average molecular weight is 1010 g/mol. The van der Waals surface area contributed by atoms with Crippen LogP contribution >= 0.6 is 33.9 Å². The summed E-state index contributed by atoms with van der Waals surface area (Å²) in [4.78, 5) is 60.0. The van der Waals surface area contributed by atoms with Gasteiger partial charge in [0, 0.05) is 43.8 Å². The number of hydrogen-bond donors (Lipinski definition) is 5. The topological polar surface area (TPSA) is 218 Å². The van der Waals surface area contributed by atoms with E-state index in [1.54, 1.807) is 6.20 Å². The predicted molar refractivity (Wildman–Crippen MR) is 253 cm³/mol. The number of urea groups is 1. The fraction of sp³-hybridized carbons (Fsp3) is 0.581. The van der Waals surface area contributed by atoms with Gasteiger partial charge < -0.3 is 35.6 Å². The van der Waals surface area contributed by atoms with Crippen molar-refractivity contribution in [1.29, 1.82) is 0 Å². The zero-order chi connectivity index (χ0) is 45.3. The summed E-state index contributed by atoms with van der Waals surface area (Å²) in [5.41, 5.74) is 1.50. The van der Waals surface area contributed by atoms with Gasteiger partial charge in [0.25, 0.3) is 16.0 Å². The second-order valence-electron chi connectivity index (χ2n) is 15.1. The third-order valence-corrected chi connectivity index (χ3v) is 12.9. The van der Waals surface area contributed by atoms with E-state index in [0.717, 1.165) is 104 Å². The highest BCUT2D eigenvalue weighted by molar-refractivity contribution is 14.1. The van der Waals surface area contributed by atoms with Gasteiger partial charge in [0.1, 0.15) is 5.82 Å². The third-order valence-electron chi connectivity index (χ3n) is 10.2. The summed E-state index contributed by atoms with van der Waals surface area (Å²) in [5.74, 6) is -0.472. The Labute approximate surface area is 384 Å². The monoisotopic (exact) mass is 1010 g/mol. The number of unbranched alkanes of at least 4 members (excludes halogenated alkanes) is 2. The molecule has 3 atom stereocenters. The van der Waals surface area contributed by atoms with Crippen molar-refractivity contribution in [1.82, 2.24) is 20.2 Å². The van der Waals surface area contributed by atoms with Crippen LogP contribution in [0, 0.1) is 15.4 Å². The molecule has 62 heavy (non-hydrogen) atoms. The fourth-order valence-corrected chi connectivity index (χ4v) is 8.04. The Morgan fingerprint density at radius 3 is 2.18 bits per heavy atom. The molecule has 3 heterocycles. The van der Waals surface area contributed by atoms with E-state index in [1.165, 1.54) is 11.3 Å². The van der Waals surface area contributed by atoms with Gasteiger partial charge in [0.2, 0.25) is 5.95 Å². The summed E-state index contributed by atoms with van der Waals surface area (Å²) in [6.45, 7) is 11.2. The number of hydrogen-bond acceptors (Lipinski definition) is 13. The molecule has 2 aromatic heterocycles. The summed E-state index contributed by atoms with van der Waals surface area (Å²) >= 11 is 3.62. The lowest BCUT2D eigenvalue weighted by molar-refractivity contribution is -0.151. The maximum atomic E-state index is 12.3. The minimum atomic E-state index is -4.76. The number of esters is 2. The van der Waals surface area contributed by atoms with Crippen LogP contribution in [0.5, 0.6) is 0 Å². The molecule has 5 N–H and O–H groups in total. The van der Waals surface area contributed by atoms with E-state index in [2.05, 4.69) is 67.7 Å². The predicted octanol–water partition coefficient (Wildman–Crippen LogP) is 8.90. The van der Waals surface area contributed by atoms with E-state index in [1.807, 2.05) is 60.5 Å². The summed E-state index contributed by atoms with van der Waals surface area (Å²) in [6, 6.07) is 11.1. The van der Waals surface area contributed by atoms with E-state index >= 15 is 0 Å². The van der Waals surface area contributed by atoms with E-state index in [9.17, 15) is 32.1 Å². The van der Waals surface area contributed by atoms with Crippen LogP contribution in [0.2, 0.25) is 0 Å². The molecular weight excluding hydrogens is 950 g/mol. The molecule has 1 aliphatic heterocycles. The second kappa shape index (κ2) is 28.6. The molecule has 1 aromatic carbocycles. The summed E-state index contributed by atoms with van der Waals surface area (Å²) in [6.07, 6.45) is 11.4. The van der Waals surface area contributed by atoms with Gasteiger partial charge in [0.15, 0.2) is 5.25 Å². The zero-order valence-electron chi connectivity index (χ0n) is 36.3. The molecule has 3 amide bonds. The first-order valence-electron chi connectivity index (χ1n) is 21.6. The maximum Gasteiger partial charge on any atom is 0.327 e. The minimum absolute atomic E-state index is 0.0445. The third kappa shape index (κ3) is 19.5. The molecular formula is C43H64IN7O9S2. The Morgan fingerprint density at radius 2 is 1.56 bits per heavy atom. The van der Waals surface area contributed by atoms with Crippen molar-refractivity contribution < 1.29 is 41.6 Å². The molecule has 16 nitrogen and oxygen atoms in total. The lowest BCUT2D eigenvalue weighted by atomic mass is 10.0. The number of halogens is 1. The smallest absolute Gasteiger partial charge is 0.327 e. The number of ether oxygens (including phenoxy) is 2. The Hall–Kier alpha value is -4.08. The molecule has 1 saturated heterocycles. The van der Waals surface area contributed by atoms with Crippen LogP contribution in [0.15, 0.2) is 48.0 Å². The molecule has 344 valence electrons. The normalized spacial score (nSPS) is 13.8. The van der Waals surface area contributed by atoms with Crippen LogP contribution in [0.25, 0.3) is 0 Å². The molecule has 1 aliphatic rings. The number of anilines is 4. The Balaban J connectivity index is 0.000000338. The molecule has 3 aromatic rings. The number of nitrogens with zero attached hydrogens (tertiary/aromatic N) is 3. The van der Waals surface area contributed by atoms with E-state index in [4.69, 9.17) is 9.47 Å². The van der Waals surface area contributed by atoms with Gasteiger partial charge >= 0.3 is 18.0 Å². The van der Waals surface area contributed by atoms with Gasteiger partial charge in [-0.3, -0.25) is 18.9 Å². The average Bonchev–Trinajstić information content (AvgIpc) is 4.00. The van der Waals surface area contributed by atoms with E-state index < -0.39 is 33.7 Å². The maximum absolute atomic E-state index is 12.3. The molecule has 0 aliphatic carbocycles. The van der Waals surface area contributed by atoms with Crippen LogP contribution in [0.1, 0.15) is 114 Å². The number of likely N-dealkylation sites (tertiary alicyclic amines) is 1. The highest BCUT2D eigenvalue weighted by Gasteiger charge is 2.36. The Bertz CT molecular complexity index is 1930. The van der Waals surface area contributed by atoms with Crippen molar-refractivity contribution in [2.24, 2.45) is 11.8 Å². The molecule has 0 bridgehead atoms. The van der Waals surface area contributed by atoms with Crippen molar-refractivity contribution in [3.05, 3.63) is 56.4 Å². The van der Waals surface area contributed by atoms with E-state index in [-0.39, 0.29) is 37.0 Å². The van der Waals surface area contributed by atoms with Crippen LogP contribution in [-0.4, -0.2) is 96.4 Å². The van der Waals surface area contributed by atoms with Crippen molar-refractivity contribution in [2.75, 3.05) is 55.3 Å². The minimum Gasteiger partial charge on any atom is -0.465 e. The van der Waals surface area contributed by atoms with Gasteiger partial charge in [-0.05, 0) is 96.2 Å². The van der Waals surface area contributed by atoms with Crippen LogP contribution < -0.4 is 21.3 Å². The molecule has 0 radical (unpaired) electrons. The Morgan fingerprint density at radius 1 is 0.903 bits per heavy atom. The summed E-state index contributed by atoms with van der Waals surface area (Å²) < 4.78 is 43.7. The van der Waals surface area contributed by atoms with Crippen LogP contribution in [0.4, 0.5) is 27.9 Å². The number of carbonyl (C=O) groups is 4. The molecule has 0 saturated carbocycles. The van der Waals surface area contributed by atoms with Crippen molar-refractivity contribution in [3.63, 3.8) is 0 Å². The highest BCUT2D eigenvalue weighted by atomic mass is 127. The number of nitrogens with one attached hydrogen (secondary N) is 4. The quantitative estimate of drug-likeness (QED) is 0.0232. The zero-order valence-corrected chi connectivity index (χ0v) is 40.1. The van der Waals surface area contributed by atoms with Crippen molar-refractivity contribution >= 4 is 91.1 Å². The van der Waals surface area contributed by atoms with E-state index in [0.29, 0.717) is 23.9 Å². The van der Waals surface area contributed by atoms with Gasteiger partial charge in [-0.1, -0.05) is 78.4 Å². The first-order valence-corrected chi connectivity index (χ1v) is 25.0. The number of aromatic nitrogens is 2. The first-order chi connectivity index (χ1) is 29.8. The van der Waals surface area contributed by atoms with Gasteiger partial charge in [-0.25, -0.2) is 9.78 Å². The van der Waals surface area contributed by atoms with Crippen molar-refractivity contribution in [2.45, 2.75) is 110 Å². The van der Waals surface area contributed by atoms with Crippen LogP contribution in [-0.2, 0) is 29.2 Å². The Kier molecular flexibility index (Phi) is 24.1. The summed E-state index contributed by atoms with van der Waals surface area (Å²) in [5, 5.41) is 12.3. The van der Waals surface area contributed by atoms with Gasteiger partial charge in [-0.2, -0.15) is 13.4 Å². The molecule has 4 rings (SSSR count). The fourth-order valence-electron chi connectivity index (χ4n) is 6.29. The number of thiophene rings is 1. The SMILES string of the molecule is CCCCC(CC)COC(=O)CC(C(=O)OCC(CC)CCCC)S(=O)(=O)O.O=C(NCCCNc1nc(Nc2cccc(NC(=O)N3CCCC3)c2)ncc1I)c1cccs1. The lowest BCUT2D eigenvalue weighted by Gasteiger charge is -2.18. The molecule has 1 fully saturated rings. The van der Waals surface area contributed by atoms with Crippen molar-refractivity contribution in [3.8, 4) is 0 Å². The number of amides is 3.